The third kappa shape index (κ3) is 13.5. The Morgan fingerprint density at radius 3 is 1.83 bits per heavy atom. The number of benzene rings is 7. The SMILES string of the molecule is CC(=O)N[C@H]1[C@H](O[C@@H]2c3ccc(c(Cl)c3)Oc3cc4cc(c3O)Oc3ccc(cc3Cl)C[C@H]3NC(=O)[C@@H](N)c5ccc(O)c(c5)Oc5cc(O)cc(c5)[C@H](NC3=O)C(=O)N[C@H]4C(=O)N[C@H]3C(=O)N[C@@H]2C(=O)NC(C(=O)O)c2cc(O)cc(O)c2-c2cc3ccc2O)O[C@H](CO)[C@@H](O)[C@@H]1O. The van der Waals surface area contributed by atoms with Gasteiger partial charge in [0.05, 0.1) is 16.7 Å². The van der Waals surface area contributed by atoms with Gasteiger partial charge in [-0.15, -0.1) is 0 Å². The van der Waals surface area contributed by atoms with Crippen molar-refractivity contribution in [2.45, 2.75) is 92.4 Å². The van der Waals surface area contributed by atoms with Gasteiger partial charge in [-0.3, -0.25) is 33.6 Å². The van der Waals surface area contributed by atoms with E-state index in [1.54, 1.807) is 0 Å². The van der Waals surface area contributed by atoms with E-state index in [9.17, 15) is 65.4 Å². The van der Waals surface area contributed by atoms with Crippen LogP contribution in [-0.4, -0.2) is 148 Å². The molecule has 99 heavy (non-hydrogen) atoms. The van der Waals surface area contributed by atoms with E-state index in [2.05, 4.69) is 37.2 Å². The number of carboxylic acid groups (broad SMARTS) is 1. The number of nitrogens with one attached hydrogen (secondary N) is 7. The first-order valence-electron chi connectivity index (χ1n) is 30.0. The Kier molecular flexibility index (Phi) is 18.5. The first-order chi connectivity index (χ1) is 47.1. The van der Waals surface area contributed by atoms with Crippen LogP contribution in [0, 0.1) is 0 Å². The van der Waals surface area contributed by atoms with E-state index in [0.717, 1.165) is 73.7 Å². The molecule has 7 heterocycles. The second-order valence-corrected chi connectivity index (χ2v) is 24.5. The van der Waals surface area contributed by atoms with Gasteiger partial charge >= 0.3 is 5.97 Å². The highest BCUT2D eigenvalue weighted by atomic mass is 35.5. The normalized spacial score (nSPS) is 25.2. The summed E-state index contributed by atoms with van der Waals surface area (Å²) in [4.78, 5) is 119. The van der Waals surface area contributed by atoms with Gasteiger partial charge in [-0.1, -0.05) is 47.5 Å². The largest absolute Gasteiger partial charge is 0.508 e. The molecule has 0 aromatic heterocycles. The van der Waals surface area contributed by atoms with Crippen LogP contribution in [0.1, 0.15) is 82.2 Å². The van der Waals surface area contributed by atoms with Crippen LogP contribution in [0.25, 0.3) is 11.1 Å². The maximum atomic E-state index is 16.1. The molecule has 14 rings (SSSR count). The zero-order chi connectivity index (χ0) is 70.7. The summed E-state index contributed by atoms with van der Waals surface area (Å²) in [7, 11) is 0. The Hall–Kier alpha value is -11.2. The molecule has 7 aliphatic rings. The Labute approximate surface area is 567 Å². The number of aromatic hydroxyl groups is 6. The molecule has 33 heteroatoms. The number of hydrogen-bond acceptors (Lipinski definition) is 23. The number of amides is 7. The number of aliphatic hydroxyl groups is 3. The molecule has 7 aromatic rings. The molecule has 7 aliphatic heterocycles. The number of carboxylic acids is 1. The lowest BCUT2D eigenvalue weighted by Crippen LogP contribution is -2.65. The Morgan fingerprint density at radius 1 is 0.576 bits per heavy atom. The fourth-order valence-electron chi connectivity index (χ4n) is 12.1. The number of carbonyl (C=O) groups is 8. The minimum atomic E-state index is -2.38. The Balaban J connectivity index is 1.10. The summed E-state index contributed by atoms with van der Waals surface area (Å²) in [6.07, 6.45) is -10.2. The molecule has 17 bridgehead atoms. The summed E-state index contributed by atoms with van der Waals surface area (Å²) in [6.45, 7) is 0.0228. The van der Waals surface area contributed by atoms with Gasteiger partial charge in [0.15, 0.2) is 35.3 Å². The molecule has 7 amide bonds. The Bertz CT molecular complexity index is 4520. The number of fused-ring (bicyclic) bond motifs is 14. The number of rotatable bonds is 5. The summed E-state index contributed by atoms with van der Waals surface area (Å²) in [5, 5.41) is 130. The van der Waals surface area contributed by atoms with Crippen LogP contribution in [0.5, 0.6) is 69.0 Å². The smallest absolute Gasteiger partial charge is 0.330 e. The van der Waals surface area contributed by atoms with Crippen molar-refractivity contribution in [2.24, 2.45) is 5.73 Å². The van der Waals surface area contributed by atoms with Gasteiger partial charge < -0.3 is 118 Å². The number of carbonyl (C=O) groups excluding carboxylic acids is 7. The van der Waals surface area contributed by atoms with Crippen molar-refractivity contribution in [1.82, 2.24) is 37.2 Å². The quantitative estimate of drug-likeness (QED) is 0.118. The molecule has 13 atom stereocenters. The molecule has 1 unspecified atom stereocenters. The number of hydrogen-bond donors (Lipinski definition) is 18. The zero-order valence-corrected chi connectivity index (χ0v) is 52.5. The standard InChI is InChI=1S/C66H58Cl2N8O23/c1-23(78)70-53-57(86)56(85)46(22-77)98-66(53)99-58-27-5-9-42(36(68)15-27)97-45-18-29-17-44(55(45)84)96-41-8-2-24(10-35(41)67)11-37-59(87)72-50(28-12-30(79)19-32(13-28)95-43-16-25(3-7-39(43)82)48(69)60(88)71-37)62(90)74-51(29)63(91)73-49-26-4-6-38(81)33(14-26)47-34(20-31(80)21-40(47)83)52(65(93)94)75-64(92)54(58)76-61(49)89/h2-10,12-21,37,46,48-54,56-58,66,77,79-86H,11,22,69H2,1H3,(H,70,78)(H,71,88)(H,72,87)(H,73,91)(H,74,90)(H,75,92)(H,76,89)(H,93,94)/t37-,46-,48+,49-,50+,51-,52?,53-,54+,56-,57-,58-,66+/m1/s1. The monoisotopic (exact) mass is 1400 g/mol. The number of aliphatic carboxylic acids is 1. The maximum Gasteiger partial charge on any atom is 0.330 e. The van der Waals surface area contributed by atoms with Crippen LogP contribution in [0.4, 0.5) is 0 Å². The number of aliphatic hydroxyl groups excluding tert-OH is 3. The average molecular weight is 1400 g/mol. The van der Waals surface area contributed by atoms with Crippen LogP contribution in [-0.2, 0) is 54.3 Å². The number of halogens is 2. The second kappa shape index (κ2) is 27.0. The van der Waals surface area contributed by atoms with Crippen molar-refractivity contribution in [2.75, 3.05) is 6.61 Å². The van der Waals surface area contributed by atoms with Crippen molar-refractivity contribution in [3.05, 3.63) is 164 Å². The van der Waals surface area contributed by atoms with Crippen molar-refractivity contribution < 1.29 is 113 Å². The van der Waals surface area contributed by atoms with Gasteiger partial charge in [-0.2, -0.15) is 0 Å². The minimum Gasteiger partial charge on any atom is -0.508 e. The molecular weight excluding hydrogens is 1340 g/mol. The second-order valence-electron chi connectivity index (χ2n) is 23.6. The lowest BCUT2D eigenvalue weighted by atomic mass is 9.89. The molecule has 1 fully saturated rings. The molecule has 514 valence electrons. The van der Waals surface area contributed by atoms with E-state index in [0.29, 0.717) is 0 Å². The predicted molar refractivity (Wildman–Crippen MR) is 339 cm³/mol. The summed E-state index contributed by atoms with van der Waals surface area (Å²) in [5.74, 6) is -17.0. The predicted octanol–water partition coefficient (Wildman–Crippen LogP) is 2.95. The highest BCUT2D eigenvalue weighted by Gasteiger charge is 2.49. The number of nitrogens with two attached hydrogens (primary N) is 1. The maximum absolute atomic E-state index is 16.1. The first-order valence-corrected chi connectivity index (χ1v) is 30.8. The molecule has 0 radical (unpaired) electrons. The van der Waals surface area contributed by atoms with Crippen molar-refractivity contribution >= 4 is 70.5 Å². The Morgan fingerprint density at radius 2 is 1.17 bits per heavy atom. The molecule has 19 N–H and O–H groups in total. The molecule has 0 saturated carbocycles. The molecule has 0 spiro atoms. The molecule has 7 aromatic carbocycles. The molecule has 0 aliphatic carbocycles. The zero-order valence-electron chi connectivity index (χ0n) is 51.0. The van der Waals surface area contributed by atoms with Crippen LogP contribution in [0.3, 0.4) is 0 Å². The minimum absolute atomic E-state index is 0.0913. The van der Waals surface area contributed by atoms with E-state index >= 15 is 24.0 Å². The van der Waals surface area contributed by atoms with Crippen molar-refractivity contribution in [3.8, 4) is 80.1 Å². The van der Waals surface area contributed by atoms with Crippen molar-refractivity contribution in [1.29, 1.82) is 0 Å². The fraction of sp³-hybridized carbons (Fsp3) is 0.242. The van der Waals surface area contributed by atoms with Gasteiger partial charge in [0, 0.05) is 42.2 Å². The van der Waals surface area contributed by atoms with E-state index in [4.69, 9.17) is 52.6 Å². The molecule has 31 nitrogen and oxygen atoms in total. The van der Waals surface area contributed by atoms with Crippen LogP contribution >= 0.6 is 23.2 Å². The van der Waals surface area contributed by atoms with E-state index < -0.39 is 206 Å². The van der Waals surface area contributed by atoms with E-state index in [1.165, 1.54) is 48.5 Å². The summed E-state index contributed by atoms with van der Waals surface area (Å²) < 4.78 is 31.1. The summed E-state index contributed by atoms with van der Waals surface area (Å²) in [5.41, 5.74) is 3.85. The third-order valence-electron chi connectivity index (χ3n) is 17.0. The number of ether oxygens (including phenoxy) is 5. The first kappa shape index (κ1) is 67.8. The van der Waals surface area contributed by atoms with Crippen LogP contribution in [0.2, 0.25) is 10.0 Å². The van der Waals surface area contributed by atoms with Crippen molar-refractivity contribution in [3.63, 3.8) is 0 Å². The van der Waals surface area contributed by atoms with Gasteiger partial charge in [-0.05, 0) is 112 Å². The lowest BCUT2D eigenvalue weighted by Gasteiger charge is -2.44. The average Bonchev–Trinajstić information content (AvgIpc) is 0.768. The van der Waals surface area contributed by atoms with Gasteiger partial charge in [0.25, 0.3) is 0 Å². The third-order valence-corrected chi connectivity index (χ3v) is 17.5. The number of phenolic OH excluding ortho intramolecular Hbond substituents is 6. The van der Waals surface area contributed by atoms with Crippen LogP contribution < -0.4 is 57.2 Å². The van der Waals surface area contributed by atoms with E-state index in [-0.39, 0.29) is 62.3 Å². The van der Waals surface area contributed by atoms with Gasteiger partial charge in [0.2, 0.25) is 47.1 Å². The summed E-state index contributed by atoms with van der Waals surface area (Å²) >= 11 is 14.0. The van der Waals surface area contributed by atoms with Crippen LogP contribution in [0.15, 0.2) is 115 Å². The fourth-order valence-corrected chi connectivity index (χ4v) is 12.6. The lowest BCUT2D eigenvalue weighted by molar-refractivity contribution is -0.284. The molecular formula is C66H58Cl2N8O23. The highest BCUT2D eigenvalue weighted by molar-refractivity contribution is 6.32. The van der Waals surface area contributed by atoms with Gasteiger partial charge in [0.1, 0.15) is 107 Å². The summed E-state index contributed by atoms with van der Waals surface area (Å²) in [6, 6.07) is 4.95. The van der Waals surface area contributed by atoms with E-state index in [1.807, 2.05) is 0 Å². The number of phenols is 6. The topological polar surface area (TPSA) is 495 Å². The highest BCUT2D eigenvalue weighted by Crippen LogP contribution is 2.49. The molecule has 1 saturated heterocycles. The van der Waals surface area contributed by atoms with Gasteiger partial charge in [-0.25, -0.2) is 4.79 Å².